The van der Waals surface area contributed by atoms with Gasteiger partial charge in [-0.05, 0) is 20.8 Å². The molecule has 2 N–H and O–H groups in total. The predicted molar refractivity (Wildman–Crippen MR) is 68.1 cm³/mol. The quantitative estimate of drug-likeness (QED) is 0.717. The van der Waals surface area contributed by atoms with Gasteiger partial charge in [0.2, 0.25) is 0 Å². The molecule has 0 radical (unpaired) electrons. The second kappa shape index (κ2) is 6.72. The predicted octanol–water partition coefficient (Wildman–Crippen LogP) is 0.297. The van der Waals surface area contributed by atoms with E-state index in [1.165, 1.54) is 4.90 Å². The van der Waals surface area contributed by atoms with Crippen molar-refractivity contribution in [1.29, 1.82) is 0 Å². The van der Waals surface area contributed by atoms with Crippen LogP contribution < -0.4 is 5.32 Å². The first kappa shape index (κ1) is 15.7. The van der Waals surface area contributed by atoms with Gasteiger partial charge in [-0.2, -0.15) is 0 Å². The molecule has 1 unspecified atom stereocenters. The summed E-state index contributed by atoms with van der Waals surface area (Å²) < 4.78 is 10.4. The Balaban J connectivity index is 2.31. The zero-order chi connectivity index (χ0) is 14.5. The molecular formula is C12H22N2O5. The van der Waals surface area contributed by atoms with Gasteiger partial charge >= 0.3 is 12.1 Å². The third-order valence-electron chi connectivity index (χ3n) is 2.54. The van der Waals surface area contributed by atoms with Crippen LogP contribution in [0.3, 0.4) is 0 Å². The summed E-state index contributed by atoms with van der Waals surface area (Å²) in [7, 11) is 0. The van der Waals surface area contributed by atoms with Crippen LogP contribution >= 0.6 is 0 Å². The van der Waals surface area contributed by atoms with E-state index in [-0.39, 0.29) is 18.6 Å². The number of nitrogens with one attached hydrogen (secondary N) is 1. The smallest absolute Gasteiger partial charge is 0.407 e. The van der Waals surface area contributed by atoms with Gasteiger partial charge in [-0.1, -0.05) is 0 Å². The van der Waals surface area contributed by atoms with Gasteiger partial charge in [0.1, 0.15) is 5.60 Å². The molecular weight excluding hydrogens is 252 g/mol. The third kappa shape index (κ3) is 5.89. The lowest BCUT2D eigenvalue weighted by Gasteiger charge is -2.33. The Morgan fingerprint density at radius 3 is 2.74 bits per heavy atom. The zero-order valence-electron chi connectivity index (χ0n) is 11.6. The van der Waals surface area contributed by atoms with Gasteiger partial charge in [0, 0.05) is 13.1 Å². The first-order valence-corrected chi connectivity index (χ1v) is 6.29. The average molecular weight is 274 g/mol. The molecule has 0 aromatic heterocycles. The molecule has 0 aliphatic carbocycles. The average Bonchev–Trinajstić information content (AvgIpc) is 2.27. The van der Waals surface area contributed by atoms with Crippen LogP contribution in [0.15, 0.2) is 0 Å². The van der Waals surface area contributed by atoms with Crippen LogP contribution in [0, 0.1) is 0 Å². The summed E-state index contributed by atoms with van der Waals surface area (Å²) in [5.41, 5.74) is -0.514. The summed E-state index contributed by atoms with van der Waals surface area (Å²) in [6, 6.07) is -0.270. The molecule has 1 heterocycles. The molecule has 110 valence electrons. The van der Waals surface area contributed by atoms with Crippen molar-refractivity contribution in [3.05, 3.63) is 0 Å². The van der Waals surface area contributed by atoms with E-state index in [4.69, 9.17) is 14.6 Å². The molecule has 1 aliphatic rings. The maximum absolute atomic E-state index is 11.5. The van der Waals surface area contributed by atoms with Crippen molar-refractivity contribution in [3.63, 3.8) is 0 Å². The molecule has 0 saturated carbocycles. The highest BCUT2D eigenvalue weighted by Gasteiger charge is 2.27. The number of hydrogen-bond donors (Lipinski definition) is 2. The van der Waals surface area contributed by atoms with E-state index in [1.807, 2.05) is 0 Å². The molecule has 1 atom stereocenters. The summed E-state index contributed by atoms with van der Waals surface area (Å²) >= 11 is 0. The lowest BCUT2D eigenvalue weighted by Crippen LogP contribution is -2.53. The minimum Gasteiger partial charge on any atom is -0.465 e. The normalized spacial score (nSPS) is 20.2. The van der Waals surface area contributed by atoms with Crippen molar-refractivity contribution in [2.45, 2.75) is 32.4 Å². The Hall–Kier alpha value is -1.34. The molecule has 1 rings (SSSR count). The number of rotatable bonds is 4. The molecule has 0 aromatic carbocycles. The summed E-state index contributed by atoms with van der Waals surface area (Å²) in [6.45, 7) is 6.92. The highest BCUT2D eigenvalue weighted by Crippen LogP contribution is 2.07. The van der Waals surface area contributed by atoms with E-state index < -0.39 is 11.7 Å². The number of carboxylic acid groups (broad SMARTS) is 1. The number of ether oxygens (including phenoxy) is 2. The van der Waals surface area contributed by atoms with E-state index >= 15 is 0 Å². The lowest BCUT2D eigenvalue weighted by atomic mass is 10.2. The highest BCUT2D eigenvalue weighted by atomic mass is 16.6. The number of nitrogens with zero attached hydrogens (tertiary/aromatic N) is 1. The van der Waals surface area contributed by atoms with E-state index in [0.717, 1.165) is 0 Å². The number of carbonyl (C=O) groups excluding carboxylic acids is 1. The van der Waals surface area contributed by atoms with Crippen molar-refractivity contribution in [1.82, 2.24) is 10.2 Å². The largest absolute Gasteiger partial charge is 0.465 e. The number of carbonyl (C=O) groups is 2. The Bertz CT molecular complexity index is 327. The lowest BCUT2D eigenvalue weighted by molar-refractivity contribution is -0.153. The minimum absolute atomic E-state index is 0.0568. The number of amides is 1. The van der Waals surface area contributed by atoms with Gasteiger partial charge in [0.05, 0.1) is 25.8 Å². The van der Waals surface area contributed by atoms with Crippen molar-refractivity contribution in [2.24, 2.45) is 0 Å². The van der Waals surface area contributed by atoms with Crippen LogP contribution in [-0.2, 0) is 14.3 Å². The molecule has 0 spiro atoms. The second-order valence-electron chi connectivity index (χ2n) is 5.42. The first-order valence-electron chi connectivity index (χ1n) is 6.29. The Kier molecular flexibility index (Phi) is 5.56. The third-order valence-corrected chi connectivity index (χ3v) is 2.54. The summed E-state index contributed by atoms with van der Waals surface area (Å²) in [5.74, 6) is -0.355. The maximum atomic E-state index is 11.5. The van der Waals surface area contributed by atoms with Crippen LogP contribution in [0.4, 0.5) is 4.79 Å². The molecule has 1 saturated heterocycles. The van der Waals surface area contributed by atoms with E-state index in [2.05, 4.69) is 5.32 Å². The fraction of sp³-hybridized carbons (Fsp3) is 0.833. The van der Waals surface area contributed by atoms with Crippen molar-refractivity contribution in [2.75, 3.05) is 32.8 Å². The zero-order valence-corrected chi connectivity index (χ0v) is 11.6. The van der Waals surface area contributed by atoms with Gasteiger partial charge in [0.25, 0.3) is 0 Å². The van der Waals surface area contributed by atoms with Crippen LogP contribution in [0.25, 0.3) is 0 Å². The van der Waals surface area contributed by atoms with Crippen molar-refractivity contribution < 1.29 is 24.2 Å². The fourth-order valence-electron chi connectivity index (χ4n) is 1.79. The first-order chi connectivity index (χ1) is 8.79. The SMILES string of the molecule is CC(C)(C)OC(=O)CNCC1COCCN1C(=O)O. The molecule has 0 aromatic rings. The fourth-order valence-corrected chi connectivity index (χ4v) is 1.79. The van der Waals surface area contributed by atoms with Crippen molar-refractivity contribution >= 4 is 12.1 Å². The molecule has 0 bridgehead atoms. The summed E-state index contributed by atoms with van der Waals surface area (Å²) in [6.07, 6.45) is -0.965. The van der Waals surface area contributed by atoms with Crippen LogP contribution in [0.1, 0.15) is 20.8 Å². The minimum atomic E-state index is -0.965. The molecule has 1 aliphatic heterocycles. The number of hydrogen-bond acceptors (Lipinski definition) is 5. The molecule has 19 heavy (non-hydrogen) atoms. The standard InChI is InChI=1S/C12H22N2O5/c1-12(2,3)19-10(15)7-13-6-9-8-18-5-4-14(9)11(16)17/h9,13H,4-8H2,1-3H3,(H,16,17). The van der Waals surface area contributed by atoms with E-state index in [0.29, 0.717) is 26.3 Å². The molecule has 1 fully saturated rings. The molecule has 1 amide bonds. The second-order valence-corrected chi connectivity index (χ2v) is 5.42. The highest BCUT2D eigenvalue weighted by molar-refractivity contribution is 5.72. The Labute approximate surface area is 112 Å². The summed E-state index contributed by atoms with van der Waals surface area (Å²) in [5, 5.41) is 11.9. The molecule has 7 nitrogen and oxygen atoms in total. The molecule has 7 heteroatoms. The number of morpholine rings is 1. The van der Waals surface area contributed by atoms with Gasteiger partial charge < -0.3 is 19.9 Å². The monoisotopic (exact) mass is 274 g/mol. The van der Waals surface area contributed by atoms with E-state index in [1.54, 1.807) is 20.8 Å². The Morgan fingerprint density at radius 2 is 2.16 bits per heavy atom. The van der Waals surface area contributed by atoms with Gasteiger partial charge in [-0.3, -0.25) is 9.69 Å². The van der Waals surface area contributed by atoms with Crippen molar-refractivity contribution in [3.8, 4) is 0 Å². The number of esters is 1. The van der Waals surface area contributed by atoms with E-state index in [9.17, 15) is 9.59 Å². The van der Waals surface area contributed by atoms with Crippen LogP contribution in [0.2, 0.25) is 0 Å². The maximum Gasteiger partial charge on any atom is 0.407 e. The summed E-state index contributed by atoms with van der Waals surface area (Å²) in [4.78, 5) is 23.8. The Morgan fingerprint density at radius 1 is 1.47 bits per heavy atom. The van der Waals surface area contributed by atoms with Gasteiger partial charge in [-0.25, -0.2) is 4.79 Å². The van der Waals surface area contributed by atoms with Crippen LogP contribution in [-0.4, -0.2) is 66.6 Å². The van der Waals surface area contributed by atoms with Crippen LogP contribution in [0.5, 0.6) is 0 Å². The van der Waals surface area contributed by atoms with Gasteiger partial charge in [-0.15, -0.1) is 0 Å². The topological polar surface area (TPSA) is 88.1 Å². The van der Waals surface area contributed by atoms with Gasteiger partial charge in [0.15, 0.2) is 0 Å².